The van der Waals surface area contributed by atoms with Crippen LogP contribution < -0.4 is 4.72 Å². The minimum absolute atomic E-state index is 0.163. The number of halogens is 1. The van der Waals surface area contributed by atoms with Gasteiger partial charge in [-0.2, -0.15) is 0 Å². The molecule has 0 atom stereocenters. The average Bonchev–Trinajstić information content (AvgIpc) is 2.90. The Labute approximate surface area is 127 Å². The van der Waals surface area contributed by atoms with Gasteiger partial charge in [-0.25, -0.2) is 13.4 Å². The Morgan fingerprint density at radius 3 is 2.76 bits per heavy atom. The maximum atomic E-state index is 12.4. The molecule has 0 unspecified atom stereocenters. The molecule has 0 aliphatic rings. The highest BCUT2D eigenvalue weighted by Gasteiger charge is 2.15. The van der Waals surface area contributed by atoms with Gasteiger partial charge in [-0.1, -0.05) is 17.7 Å². The number of sulfonamides is 1. The van der Waals surface area contributed by atoms with Crippen LogP contribution >= 0.6 is 11.6 Å². The fourth-order valence-corrected chi connectivity index (χ4v) is 3.21. The van der Waals surface area contributed by atoms with Crippen LogP contribution in [0.25, 0.3) is 11.0 Å². The van der Waals surface area contributed by atoms with Crippen molar-refractivity contribution in [1.29, 1.82) is 0 Å². The highest BCUT2D eigenvalue weighted by Crippen LogP contribution is 2.23. The number of imidazole rings is 1. The highest BCUT2D eigenvalue weighted by atomic mass is 35.5. The lowest BCUT2D eigenvalue weighted by molar-refractivity contribution is 0.601. The van der Waals surface area contributed by atoms with E-state index in [0.29, 0.717) is 21.7 Å². The summed E-state index contributed by atoms with van der Waals surface area (Å²) in [5, 5.41) is 0.513. The molecule has 2 N–H and O–H groups in total. The Hall–Kier alpha value is -2.05. The Balaban J connectivity index is 1.97. The van der Waals surface area contributed by atoms with Gasteiger partial charge in [0.15, 0.2) is 0 Å². The quantitative estimate of drug-likeness (QED) is 0.777. The highest BCUT2D eigenvalue weighted by molar-refractivity contribution is 7.92. The minimum Gasteiger partial charge on any atom is -0.345 e. The first kappa shape index (κ1) is 13.9. The summed E-state index contributed by atoms with van der Waals surface area (Å²) in [5.74, 6) is 0. The number of rotatable bonds is 3. The van der Waals surface area contributed by atoms with Gasteiger partial charge in [0, 0.05) is 5.02 Å². The van der Waals surface area contributed by atoms with Gasteiger partial charge in [-0.15, -0.1) is 0 Å². The normalized spacial score (nSPS) is 11.7. The Morgan fingerprint density at radius 1 is 1.19 bits per heavy atom. The van der Waals surface area contributed by atoms with Crippen LogP contribution in [0.4, 0.5) is 5.69 Å². The van der Waals surface area contributed by atoms with Crippen molar-refractivity contribution in [2.75, 3.05) is 4.72 Å². The third-order valence-electron chi connectivity index (χ3n) is 3.13. The molecule has 5 nitrogen and oxygen atoms in total. The first-order valence-corrected chi connectivity index (χ1v) is 8.04. The van der Waals surface area contributed by atoms with Crippen molar-refractivity contribution in [2.24, 2.45) is 0 Å². The lowest BCUT2D eigenvalue weighted by Gasteiger charge is -2.09. The van der Waals surface area contributed by atoms with E-state index >= 15 is 0 Å². The van der Waals surface area contributed by atoms with E-state index < -0.39 is 10.0 Å². The number of aryl methyl sites for hydroxylation is 1. The van der Waals surface area contributed by atoms with Crippen LogP contribution in [0, 0.1) is 6.92 Å². The van der Waals surface area contributed by atoms with E-state index in [1.54, 1.807) is 30.3 Å². The molecule has 0 bridgehead atoms. The molecule has 0 aliphatic carbocycles. The molecule has 21 heavy (non-hydrogen) atoms. The second-order valence-corrected chi connectivity index (χ2v) is 6.74. The number of nitrogens with one attached hydrogen (secondary N) is 2. The van der Waals surface area contributed by atoms with Gasteiger partial charge < -0.3 is 4.98 Å². The standard InChI is InChI=1S/C14H12ClN3O2S/c1-9-2-3-10(6-12(9)15)18-21(19,20)11-4-5-13-14(7-11)17-8-16-13/h2-8,18H,1H3,(H,16,17). The van der Waals surface area contributed by atoms with Crippen molar-refractivity contribution in [3.05, 3.63) is 53.3 Å². The minimum atomic E-state index is -3.67. The lowest BCUT2D eigenvalue weighted by atomic mass is 10.2. The number of H-pyrrole nitrogens is 1. The Bertz CT molecular complexity index is 919. The second-order valence-electron chi connectivity index (χ2n) is 4.65. The van der Waals surface area contributed by atoms with E-state index in [2.05, 4.69) is 14.7 Å². The summed E-state index contributed by atoms with van der Waals surface area (Å²) < 4.78 is 27.3. The van der Waals surface area contributed by atoms with Crippen LogP contribution in [0.3, 0.4) is 0 Å². The summed E-state index contributed by atoms with van der Waals surface area (Å²) >= 11 is 6.00. The number of fused-ring (bicyclic) bond motifs is 1. The van der Waals surface area contributed by atoms with E-state index in [1.165, 1.54) is 12.4 Å². The molecule has 0 amide bonds. The van der Waals surface area contributed by atoms with Crippen LogP contribution in [0.15, 0.2) is 47.6 Å². The predicted molar refractivity (Wildman–Crippen MR) is 83.1 cm³/mol. The topological polar surface area (TPSA) is 74.8 Å². The molecule has 0 aliphatic heterocycles. The molecule has 2 aromatic carbocycles. The molecular formula is C14H12ClN3O2S. The monoisotopic (exact) mass is 321 g/mol. The zero-order valence-electron chi connectivity index (χ0n) is 11.1. The van der Waals surface area contributed by atoms with Crippen molar-refractivity contribution in [3.63, 3.8) is 0 Å². The smallest absolute Gasteiger partial charge is 0.261 e. The molecule has 1 heterocycles. The third kappa shape index (κ3) is 2.72. The van der Waals surface area contributed by atoms with Gasteiger partial charge in [0.05, 0.1) is 27.9 Å². The van der Waals surface area contributed by atoms with Crippen molar-refractivity contribution < 1.29 is 8.42 Å². The van der Waals surface area contributed by atoms with Crippen LogP contribution in [-0.4, -0.2) is 18.4 Å². The lowest BCUT2D eigenvalue weighted by Crippen LogP contribution is -2.12. The summed E-state index contributed by atoms with van der Waals surface area (Å²) in [6.45, 7) is 1.85. The van der Waals surface area contributed by atoms with E-state index in [4.69, 9.17) is 11.6 Å². The molecule has 0 saturated heterocycles. The Morgan fingerprint density at radius 2 is 2.00 bits per heavy atom. The van der Waals surface area contributed by atoms with Crippen molar-refractivity contribution in [1.82, 2.24) is 9.97 Å². The Kier molecular flexibility index (Phi) is 3.35. The van der Waals surface area contributed by atoms with Gasteiger partial charge in [-0.3, -0.25) is 4.72 Å². The molecular weight excluding hydrogens is 310 g/mol. The zero-order chi connectivity index (χ0) is 15.0. The van der Waals surface area contributed by atoms with Gasteiger partial charge in [0.25, 0.3) is 10.0 Å². The van der Waals surface area contributed by atoms with Gasteiger partial charge >= 0.3 is 0 Å². The third-order valence-corrected chi connectivity index (χ3v) is 4.91. The van der Waals surface area contributed by atoms with Gasteiger partial charge in [-0.05, 0) is 42.8 Å². The van der Waals surface area contributed by atoms with Gasteiger partial charge in [0.1, 0.15) is 0 Å². The zero-order valence-corrected chi connectivity index (χ0v) is 12.7. The summed E-state index contributed by atoms with van der Waals surface area (Å²) in [5.41, 5.74) is 2.70. The fourth-order valence-electron chi connectivity index (χ4n) is 1.95. The van der Waals surface area contributed by atoms with E-state index in [-0.39, 0.29) is 4.90 Å². The predicted octanol–water partition coefficient (Wildman–Crippen LogP) is 3.33. The van der Waals surface area contributed by atoms with E-state index in [0.717, 1.165) is 5.56 Å². The maximum absolute atomic E-state index is 12.4. The maximum Gasteiger partial charge on any atom is 0.261 e. The molecule has 0 fully saturated rings. The number of aromatic amines is 1. The molecule has 7 heteroatoms. The number of aromatic nitrogens is 2. The van der Waals surface area contributed by atoms with Gasteiger partial charge in [0.2, 0.25) is 0 Å². The average molecular weight is 322 g/mol. The van der Waals surface area contributed by atoms with Crippen LogP contribution in [0.1, 0.15) is 5.56 Å². The number of benzene rings is 2. The summed E-state index contributed by atoms with van der Waals surface area (Å²) in [6, 6.07) is 9.74. The van der Waals surface area contributed by atoms with Crippen molar-refractivity contribution in [3.8, 4) is 0 Å². The summed E-state index contributed by atoms with van der Waals surface area (Å²) in [7, 11) is -3.67. The second kappa shape index (κ2) is 5.05. The molecule has 108 valence electrons. The van der Waals surface area contributed by atoms with Crippen LogP contribution in [0.5, 0.6) is 0 Å². The molecule has 0 spiro atoms. The number of hydrogen-bond donors (Lipinski definition) is 2. The van der Waals surface area contributed by atoms with Crippen molar-refractivity contribution >= 4 is 38.3 Å². The van der Waals surface area contributed by atoms with Crippen LogP contribution in [-0.2, 0) is 10.0 Å². The number of anilines is 1. The fraction of sp³-hybridized carbons (Fsp3) is 0.0714. The molecule has 0 radical (unpaired) electrons. The first-order valence-electron chi connectivity index (χ1n) is 6.18. The summed E-state index contributed by atoms with van der Waals surface area (Å²) in [4.78, 5) is 7.11. The molecule has 0 saturated carbocycles. The molecule has 3 rings (SSSR count). The summed E-state index contributed by atoms with van der Waals surface area (Å²) in [6.07, 6.45) is 1.52. The molecule has 1 aromatic heterocycles. The molecule has 3 aromatic rings. The van der Waals surface area contributed by atoms with Crippen molar-refractivity contribution in [2.45, 2.75) is 11.8 Å². The SMILES string of the molecule is Cc1ccc(NS(=O)(=O)c2ccc3nc[nH]c3c2)cc1Cl. The van der Waals surface area contributed by atoms with E-state index in [9.17, 15) is 8.42 Å². The number of hydrogen-bond acceptors (Lipinski definition) is 3. The van der Waals surface area contributed by atoms with E-state index in [1.807, 2.05) is 6.92 Å². The first-order chi connectivity index (χ1) is 9.95. The largest absolute Gasteiger partial charge is 0.345 e. The van der Waals surface area contributed by atoms with Crippen LogP contribution in [0.2, 0.25) is 5.02 Å². The number of nitrogens with zero attached hydrogens (tertiary/aromatic N) is 1.